The van der Waals surface area contributed by atoms with Crippen LogP contribution in [0.2, 0.25) is 0 Å². The van der Waals surface area contributed by atoms with Gasteiger partial charge in [-0.1, -0.05) is 30.3 Å². The number of nitrogens with zero attached hydrogens (tertiary/aromatic N) is 3. The fraction of sp³-hybridized carbons (Fsp3) is 0.400. The number of hydrogen-bond acceptors (Lipinski definition) is 3. The van der Waals surface area contributed by atoms with E-state index in [-0.39, 0.29) is 18.9 Å². The third-order valence-corrected chi connectivity index (χ3v) is 6.26. The highest BCUT2D eigenvalue weighted by atomic mass is 32.2. The Morgan fingerprint density at radius 1 is 1.21 bits per heavy atom. The molecule has 24 heavy (non-hydrogen) atoms. The lowest BCUT2D eigenvalue weighted by molar-refractivity contribution is -0.141. The van der Waals surface area contributed by atoms with Crippen molar-refractivity contribution in [1.82, 2.24) is 13.9 Å². The van der Waals surface area contributed by atoms with E-state index in [0.29, 0.717) is 12.0 Å². The lowest BCUT2D eigenvalue weighted by atomic mass is 10.1. The van der Waals surface area contributed by atoms with Crippen LogP contribution in [0.1, 0.15) is 23.1 Å². The van der Waals surface area contributed by atoms with E-state index in [1.165, 1.54) is 16.7 Å². The normalized spacial score (nSPS) is 21.2. The van der Waals surface area contributed by atoms with E-state index in [1.807, 2.05) is 0 Å². The molecule has 2 aromatic rings. The lowest BCUT2D eigenvalue weighted by Gasteiger charge is -2.18. The molecule has 0 saturated carbocycles. The van der Waals surface area contributed by atoms with Crippen LogP contribution in [-0.2, 0) is 23.1 Å². The van der Waals surface area contributed by atoms with E-state index in [4.69, 9.17) is 0 Å². The van der Waals surface area contributed by atoms with Crippen LogP contribution >= 0.6 is 0 Å². The average molecular weight is 359 g/mol. The van der Waals surface area contributed by atoms with Crippen LogP contribution in [-0.4, -0.2) is 35.0 Å². The molecule has 1 aliphatic heterocycles. The van der Waals surface area contributed by atoms with Crippen LogP contribution in [0.3, 0.4) is 0 Å². The van der Waals surface area contributed by atoms with Crippen molar-refractivity contribution in [1.29, 1.82) is 0 Å². The SMILES string of the molecule is O=S1(=O)C(c2ccccc2)CCN1Cc1nccn1CC(F)(F)F. The van der Waals surface area contributed by atoms with E-state index in [9.17, 15) is 21.6 Å². The maximum absolute atomic E-state index is 12.7. The maximum atomic E-state index is 12.7. The van der Waals surface area contributed by atoms with Gasteiger partial charge in [0.05, 0.1) is 6.54 Å². The highest BCUT2D eigenvalue weighted by Gasteiger charge is 2.40. The minimum absolute atomic E-state index is 0.0876. The predicted molar refractivity (Wildman–Crippen MR) is 81.4 cm³/mol. The Hall–Kier alpha value is -1.87. The fourth-order valence-electron chi connectivity index (χ4n) is 2.88. The molecular weight excluding hydrogens is 343 g/mol. The Balaban J connectivity index is 1.79. The summed E-state index contributed by atoms with van der Waals surface area (Å²) >= 11 is 0. The van der Waals surface area contributed by atoms with E-state index in [1.54, 1.807) is 30.3 Å². The second-order valence-corrected chi connectivity index (χ2v) is 7.77. The van der Waals surface area contributed by atoms with Crippen molar-refractivity contribution in [2.24, 2.45) is 0 Å². The Kier molecular flexibility index (Phi) is 4.39. The fourth-order valence-corrected chi connectivity index (χ4v) is 4.80. The number of imidazole rings is 1. The molecule has 9 heteroatoms. The van der Waals surface area contributed by atoms with Crippen LogP contribution in [0.4, 0.5) is 13.2 Å². The summed E-state index contributed by atoms with van der Waals surface area (Å²) in [6.07, 6.45) is -1.52. The number of sulfonamides is 1. The van der Waals surface area contributed by atoms with Crippen LogP contribution in [0.15, 0.2) is 42.7 Å². The second-order valence-electron chi connectivity index (χ2n) is 5.65. The van der Waals surface area contributed by atoms with Crippen molar-refractivity contribution in [2.45, 2.75) is 30.9 Å². The zero-order valence-corrected chi connectivity index (χ0v) is 13.5. The molecule has 3 rings (SSSR count). The molecule has 1 atom stereocenters. The summed E-state index contributed by atoms with van der Waals surface area (Å²) in [7, 11) is -3.62. The first kappa shape index (κ1) is 17.0. The molecule has 0 spiro atoms. The van der Waals surface area contributed by atoms with Crippen LogP contribution in [0, 0.1) is 0 Å². The number of alkyl halides is 3. The standard InChI is InChI=1S/C15H16F3N3O2S/c16-15(17,18)11-20-9-7-19-14(20)10-21-8-6-13(24(21,22)23)12-4-2-1-3-5-12/h1-5,7,9,13H,6,8,10-11H2. The molecule has 1 aromatic carbocycles. The third-order valence-electron chi connectivity index (χ3n) is 4.00. The molecule has 5 nitrogen and oxygen atoms in total. The average Bonchev–Trinajstić information content (AvgIpc) is 3.04. The predicted octanol–water partition coefficient (Wildman–Crippen LogP) is 2.72. The Morgan fingerprint density at radius 2 is 1.92 bits per heavy atom. The highest BCUT2D eigenvalue weighted by molar-refractivity contribution is 7.89. The number of rotatable bonds is 4. The molecule has 1 aromatic heterocycles. The van der Waals surface area contributed by atoms with Gasteiger partial charge in [-0.3, -0.25) is 0 Å². The van der Waals surface area contributed by atoms with Gasteiger partial charge in [0.1, 0.15) is 17.6 Å². The van der Waals surface area contributed by atoms with Gasteiger partial charge in [-0.15, -0.1) is 0 Å². The molecule has 0 bridgehead atoms. The topological polar surface area (TPSA) is 55.2 Å². The van der Waals surface area contributed by atoms with Crippen molar-refractivity contribution in [3.8, 4) is 0 Å². The number of halogens is 3. The molecule has 1 unspecified atom stereocenters. The smallest absolute Gasteiger partial charge is 0.325 e. The molecule has 0 N–H and O–H groups in total. The summed E-state index contributed by atoms with van der Waals surface area (Å²) in [4.78, 5) is 3.88. The summed E-state index contributed by atoms with van der Waals surface area (Å²) in [5, 5.41) is -0.662. The van der Waals surface area contributed by atoms with Gasteiger partial charge >= 0.3 is 6.18 Å². The largest absolute Gasteiger partial charge is 0.406 e. The highest BCUT2D eigenvalue weighted by Crippen LogP contribution is 2.36. The molecule has 1 fully saturated rings. The van der Waals surface area contributed by atoms with Gasteiger partial charge in [0.25, 0.3) is 0 Å². The van der Waals surface area contributed by atoms with Gasteiger partial charge in [0.15, 0.2) is 0 Å². The van der Waals surface area contributed by atoms with Crippen molar-refractivity contribution in [3.63, 3.8) is 0 Å². The molecular formula is C15H16F3N3O2S. The van der Waals surface area contributed by atoms with E-state index >= 15 is 0 Å². The summed E-state index contributed by atoms with van der Waals surface area (Å²) in [5.41, 5.74) is 0.693. The molecule has 1 aliphatic rings. The summed E-state index contributed by atoms with van der Waals surface area (Å²) in [5.74, 6) is 0.0876. The Morgan fingerprint density at radius 3 is 2.58 bits per heavy atom. The monoisotopic (exact) mass is 359 g/mol. The first-order valence-electron chi connectivity index (χ1n) is 7.38. The Bertz CT molecular complexity index is 803. The van der Waals surface area contributed by atoms with Crippen molar-refractivity contribution in [2.75, 3.05) is 6.54 Å². The van der Waals surface area contributed by atoms with Crippen molar-refractivity contribution in [3.05, 3.63) is 54.1 Å². The molecule has 1 saturated heterocycles. The van der Waals surface area contributed by atoms with Gasteiger partial charge in [0.2, 0.25) is 10.0 Å². The van der Waals surface area contributed by atoms with Crippen LogP contribution in [0.5, 0.6) is 0 Å². The number of aromatic nitrogens is 2. The molecule has 0 aliphatic carbocycles. The minimum atomic E-state index is -4.38. The van der Waals surface area contributed by atoms with Gasteiger partial charge in [-0.2, -0.15) is 17.5 Å². The number of hydrogen-bond donors (Lipinski definition) is 0. The second kappa shape index (κ2) is 6.21. The van der Waals surface area contributed by atoms with E-state index < -0.39 is 28.0 Å². The van der Waals surface area contributed by atoms with Crippen LogP contribution in [0.25, 0.3) is 0 Å². The molecule has 0 radical (unpaired) electrons. The third kappa shape index (κ3) is 3.46. The van der Waals surface area contributed by atoms with Gasteiger partial charge in [-0.05, 0) is 12.0 Å². The summed E-state index contributed by atoms with van der Waals surface area (Å²) in [6, 6.07) is 8.83. The maximum Gasteiger partial charge on any atom is 0.406 e. The van der Waals surface area contributed by atoms with Gasteiger partial charge in [0, 0.05) is 18.9 Å². The van der Waals surface area contributed by atoms with E-state index in [0.717, 1.165) is 4.57 Å². The zero-order chi connectivity index (χ0) is 17.4. The van der Waals surface area contributed by atoms with Crippen LogP contribution < -0.4 is 0 Å². The summed E-state index contributed by atoms with van der Waals surface area (Å²) < 4.78 is 65.2. The van der Waals surface area contributed by atoms with Gasteiger partial charge in [-0.25, -0.2) is 13.4 Å². The molecule has 130 valence electrons. The quantitative estimate of drug-likeness (QED) is 0.843. The molecule has 0 amide bonds. The first-order valence-corrected chi connectivity index (χ1v) is 8.88. The van der Waals surface area contributed by atoms with Gasteiger partial charge < -0.3 is 4.57 Å². The van der Waals surface area contributed by atoms with E-state index in [2.05, 4.69) is 4.98 Å². The Labute approximate surface area is 137 Å². The zero-order valence-electron chi connectivity index (χ0n) is 12.6. The lowest BCUT2D eigenvalue weighted by Crippen LogP contribution is -2.29. The number of benzene rings is 1. The van der Waals surface area contributed by atoms with Crippen molar-refractivity contribution < 1.29 is 21.6 Å². The minimum Gasteiger partial charge on any atom is -0.325 e. The van der Waals surface area contributed by atoms with Crippen molar-refractivity contribution >= 4 is 10.0 Å². The molecule has 2 heterocycles. The first-order chi connectivity index (χ1) is 11.3. The summed E-state index contributed by atoms with van der Waals surface area (Å²) in [6.45, 7) is -1.08.